The fraction of sp³-hybridized carbons (Fsp3) is 0.382. The Balaban J connectivity index is 1.31. The van der Waals surface area contributed by atoms with Gasteiger partial charge in [-0.3, -0.25) is 28.9 Å². The van der Waals surface area contributed by atoms with E-state index in [9.17, 15) is 34.2 Å². The number of aromatic hydroxyl groups is 1. The fourth-order valence-corrected chi connectivity index (χ4v) is 7.95. The Labute approximate surface area is 252 Å². The molecule has 2 unspecified atom stereocenters. The molecule has 0 radical (unpaired) electrons. The van der Waals surface area contributed by atoms with E-state index in [2.05, 4.69) is 17.0 Å². The third-order valence-corrected chi connectivity index (χ3v) is 10.1. The zero-order valence-electron chi connectivity index (χ0n) is 24.0. The second-order valence-electron chi connectivity index (χ2n) is 12.4. The average molecular weight is 597 g/mol. The van der Waals surface area contributed by atoms with Crippen LogP contribution in [-0.4, -0.2) is 76.1 Å². The first-order valence-electron chi connectivity index (χ1n) is 14.9. The highest BCUT2D eigenvalue weighted by molar-refractivity contribution is 6.31. The summed E-state index contributed by atoms with van der Waals surface area (Å²) >= 11 is 0. The highest BCUT2D eigenvalue weighted by atomic mass is 16.5. The summed E-state index contributed by atoms with van der Waals surface area (Å²) in [5.41, 5.74) is 5.97. The minimum atomic E-state index is -2.66. The lowest BCUT2D eigenvalue weighted by Gasteiger charge is -2.48. The molecule has 3 aromatic carbocycles. The molecule has 1 aliphatic heterocycles. The molecule has 10 heteroatoms. The Kier molecular flexibility index (Phi) is 6.76. The van der Waals surface area contributed by atoms with Gasteiger partial charge in [0.2, 0.25) is 5.91 Å². The van der Waals surface area contributed by atoms with Gasteiger partial charge >= 0.3 is 0 Å². The van der Waals surface area contributed by atoms with Crippen molar-refractivity contribution < 1.29 is 38.9 Å². The van der Waals surface area contributed by atoms with Gasteiger partial charge in [0.1, 0.15) is 5.75 Å². The van der Waals surface area contributed by atoms with Gasteiger partial charge in [0.15, 0.2) is 34.7 Å². The molecule has 0 aromatic heterocycles. The highest BCUT2D eigenvalue weighted by Gasteiger charge is 2.66. The first-order valence-corrected chi connectivity index (χ1v) is 14.9. The van der Waals surface area contributed by atoms with Crippen LogP contribution in [0.2, 0.25) is 0 Å². The number of ketones is 4. The molecule has 1 saturated heterocycles. The maximum Gasteiger partial charge on any atom is 0.235 e. The van der Waals surface area contributed by atoms with E-state index >= 15 is 0 Å². The van der Waals surface area contributed by atoms with Crippen molar-refractivity contribution >= 4 is 39.8 Å². The van der Waals surface area contributed by atoms with E-state index < -0.39 is 58.3 Å². The van der Waals surface area contributed by atoms with E-state index in [-0.39, 0.29) is 30.6 Å². The summed E-state index contributed by atoms with van der Waals surface area (Å²) < 4.78 is 5.50. The molecule has 2 saturated carbocycles. The van der Waals surface area contributed by atoms with E-state index in [1.807, 2.05) is 24.3 Å². The van der Waals surface area contributed by atoms with Gasteiger partial charge in [-0.15, -0.1) is 0 Å². The number of hydrogen-bond acceptors (Lipinski definition) is 9. The zero-order valence-corrected chi connectivity index (χ0v) is 24.0. The van der Waals surface area contributed by atoms with Gasteiger partial charge in [0.05, 0.1) is 24.7 Å². The maximum absolute atomic E-state index is 14.0. The summed E-state index contributed by atoms with van der Waals surface area (Å²) in [6.45, 7) is 3.85. The molecular weight excluding hydrogens is 564 g/mol. The lowest BCUT2D eigenvalue weighted by atomic mass is 9.53. The summed E-state index contributed by atoms with van der Waals surface area (Å²) in [4.78, 5) is 68.0. The number of rotatable bonds is 4. The summed E-state index contributed by atoms with van der Waals surface area (Å²) in [6.07, 6.45) is -0.0946. The predicted molar refractivity (Wildman–Crippen MR) is 158 cm³/mol. The van der Waals surface area contributed by atoms with Crippen molar-refractivity contribution in [3.63, 3.8) is 0 Å². The SMILES string of the molecule is NC(=O)C1C(=O)C[C@@H]2C[C@@H]3Cc4c(-c5ccc(CN6CCOCC6)c6ccccc56)ccc(O)c4C(=O)C3C(=O)[C@]2(O)C1=O. The van der Waals surface area contributed by atoms with Gasteiger partial charge in [-0.1, -0.05) is 42.5 Å². The molecule has 4 N–H and O–H groups in total. The number of phenols is 1. The van der Waals surface area contributed by atoms with E-state index in [1.165, 1.54) is 6.07 Å². The molecule has 3 fully saturated rings. The molecule has 0 bridgehead atoms. The van der Waals surface area contributed by atoms with Crippen molar-refractivity contribution in [2.75, 3.05) is 26.3 Å². The van der Waals surface area contributed by atoms with E-state index in [1.54, 1.807) is 6.07 Å². The van der Waals surface area contributed by atoms with Crippen LogP contribution in [0.25, 0.3) is 21.9 Å². The fourth-order valence-electron chi connectivity index (χ4n) is 7.95. The molecule has 5 atom stereocenters. The number of nitrogens with zero attached hydrogens (tertiary/aromatic N) is 1. The molecule has 226 valence electrons. The minimum Gasteiger partial charge on any atom is -0.507 e. The second-order valence-corrected chi connectivity index (χ2v) is 12.4. The molecule has 4 aliphatic rings. The van der Waals surface area contributed by atoms with Crippen molar-refractivity contribution in [2.45, 2.75) is 31.4 Å². The summed E-state index contributed by atoms with van der Waals surface area (Å²) in [7, 11) is 0. The number of phenolic OH excluding ortho intramolecular Hbond substituents is 1. The normalized spacial score (nSPS) is 28.8. The van der Waals surface area contributed by atoms with Gasteiger partial charge < -0.3 is 20.7 Å². The van der Waals surface area contributed by atoms with Crippen LogP contribution in [0.5, 0.6) is 5.75 Å². The number of benzene rings is 3. The third kappa shape index (κ3) is 4.16. The zero-order chi connectivity index (χ0) is 30.9. The minimum absolute atomic E-state index is 0.00795. The Bertz CT molecular complexity index is 1780. The predicted octanol–water partition coefficient (Wildman–Crippen LogP) is 1.98. The number of ether oxygens (including phenoxy) is 1. The maximum atomic E-state index is 14.0. The average Bonchev–Trinajstić information content (AvgIpc) is 3.00. The number of carbonyl (C=O) groups is 5. The molecule has 3 aliphatic carbocycles. The quantitative estimate of drug-likeness (QED) is 0.382. The van der Waals surface area contributed by atoms with Crippen LogP contribution >= 0.6 is 0 Å². The van der Waals surface area contributed by atoms with Crippen LogP contribution in [0.4, 0.5) is 0 Å². The van der Waals surface area contributed by atoms with Gasteiger partial charge in [0, 0.05) is 32.0 Å². The Morgan fingerprint density at radius 1 is 0.932 bits per heavy atom. The highest BCUT2D eigenvalue weighted by Crippen LogP contribution is 2.51. The van der Waals surface area contributed by atoms with Crippen molar-refractivity contribution in [1.82, 2.24) is 4.90 Å². The lowest BCUT2D eigenvalue weighted by molar-refractivity contribution is -0.175. The molecule has 1 heterocycles. The summed E-state index contributed by atoms with van der Waals surface area (Å²) in [5.74, 6) is -10.2. The van der Waals surface area contributed by atoms with Crippen molar-refractivity contribution in [2.24, 2.45) is 29.4 Å². The summed E-state index contributed by atoms with van der Waals surface area (Å²) in [6, 6.07) is 15.3. The van der Waals surface area contributed by atoms with E-state index in [0.717, 1.165) is 47.1 Å². The van der Waals surface area contributed by atoms with Gasteiger partial charge in [-0.05, 0) is 57.9 Å². The number of Topliss-reactive ketones (excluding diaryl/α,β-unsaturated/α-hetero) is 4. The van der Waals surface area contributed by atoms with E-state index in [4.69, 9.17) is 10.5 Å². The number of amides is 1. The van der Waals surface area contributed by atoms with Gasteiger partial charge in [0.25, 0.3) is 0 Å². The van der Waals surface area contributed by atoms with Crippen LogP contribution in [0.1, 0.15) is 34.3 Å². The first-order chi connectivity index (χ1) is 21.1. The molecule has 0 spiro atoms. The summed E-state index contributed by atoms with van der Waals surface area (Å²) in [5, 5.41) is 24.4. The molecule has 1 amide bonds. The Morgan fingerprint density at radius 2 is 1.64 bits per heavy atom. The number of morpholine rings is 1. The molecule has 44 heavy (non-hydrogen) atoms. The number of aliphatic hydroxyl groups is 1. The molecule has 7 rings (SSSR count). The Hall–Kier alpha value is -4.25. The third-order valence-electron chi connectivity index (χ3n) is 10.1. The number of primary amides is 1. The molecule has 3 aromatic rings. The van der Waals surface area contributed by atoms with E-state index in [0.29, 0.717) is 18.8 Å². The Morgan fingerprint density at radius 3 is 2.36 bits per heavy atom. The van der Waals surface area contributed by atoms with Crippen molar-refractivity contribution in [1.29, 1.82) is 0 Å². The van der Waals surface area contributed by atoms with Gasteiger partial charge in [-0.2, -0.15) is 0 Å². The number of carbonyl (C=O) groups excluding carboxylic acids is 5. The van der Waals surface area contributed by atoms with Crippen LogP contribution in [0, 0.1) is 23.7 Å². The topological polar surface area (TPSA) is 164 Å². The number of hydrogen-bond donors (Lipinski definition) is 3. The monoisotopic (exact) mass is 596 g/mol. The largest absolute Gasteiger partial charge is 0.507 e. The van der Waals surface area contributed by atoms with Crippen LogP contribution < -0.4 is 5.73 Å². The van der Waals surface area contributed by atoms with Crippen LogP contribution in [0.15, 0.2) is 48.5 Å². The van der Waals surface area contributed by atoms with Crippen molar-refractivity contribution in [3.8, 4) is 16.9 Å². The lowest BCUT2D eigenvalue weighted by Crippen LogP contribution is -2.68. The smallest absolute Gasteiger partial charge is 0.235 e. The van der Waals surface area contributed by atoms with Crippen molar-refractivity contribution in [3.05, 3.63) is 65.2 Å². The van der Waals surface area contributed by atoms with Crippen LogP contribution in [0.3, 0.4) is 0 Å². The standard InChI is InChI=1S/C34H32N2O8/c35-33(42)29-26(38)15-19-13-18-14-24-23(7-8-25(37)28(24)30(39)27(18)31(40)34(19,43)32(29)41)22-6-5-17(16-36-9-11-44-12-10-36)20-3-1-2-4-21(20)22/h1-8,18-19,27,29,37,43H,9-16H2,(H2,35,42)/t18-,19+,27?,29?,34+/m1/s1. The molecule has 10 nitrogen and oxygen atoms in total. The first kappa shape index (κ1) is 28.5. The number of fused-ring (bicyclic) bond motifs is 4. The van der Waals surface area contributed by atoms with Crippen LogP contribution in [-0.2, 0) is 36.9 Å². The molecular formula is C34H32N2O8. The number of nitrogens with two attached hydrogens (primary N) is 1. The van der Waals surface area contributed by atoms with Gasteiger partial charge in [-0.25, -0.2) is 0 Å². The second kappa shape index (κ2) is 10.4.